The molecule has 2 aromatic carbocycles. The summed E-state index contributed by atoms with van der Waals surface area (Å²) in [5, 5.41) is 2.87. The van der Waals surface area contributed by atoms with Crippen molar-refractivity contribution in [2.75, 3.05) is 25.3 Å². The molecule has 124 valence electrons. The minimum atomic E-state index is -0.108. The van der Waals surface area contributed by atoms with Crippen molar-refractivity contribution in [2.45, 2.75) is 12.8 Å². The number of amides is 1. The summed E-state index contributed by atoms with van der Waals surface area (Å²) in [7, 11) is 0. The molecule has 0 unspecified atom stereocenters. The average molecular weight is 327 g/mol. The van der Waals surface area contributed by atoms with Crippen LogP contribution >= 0.6 is 0 Å². The van der Waals surface area contributed by atoms with Crippen LogP contribution in [0.5, 0.6) is 23.0 Å². The summed E-state index contributed by atoms with van der Waals surface area (Å²) in [4.78, 5) is 12.3. The summed E-state index contributed by atoms with van der Waals surface area (Å²) in [6.07, 6.45) is 1.11. The van der Waals surface area contributed by atoms with Crippen molar-refractivity contribution < 1.29 is 23.7 Å². The van der Waals surface area contributed by atoms with Crippen LogP contribution < -0.4 is 24.3 Å². The van der Waals surface area contributed by atoms with Crippen LogP contribution in [0, 0.1) is 0 Å². The van der Waals surface area contributed by atoms with E-state index in [0.29, 0.717) is 36.1 Å². The highest BCUT2D eigenvalue weighted by Crippen LogP contribution is 2.34. The lowest BCUT2D eigenvalue weighted by atomic mass is 10.1. The molecule has 2 aromatic rings. The van der Waals surface area contributed by atoms with Crippen LogP contribution in [0.2, 0.25) is 0 Å². The zero-order valence-corrected chi connectivity index (χ0v) is 13.0. The SMILES string of the molecule is O=C(Cc1ccc2c(c1)OCCCO2)Nc1ccc2c(c1)OCO2. The summed E-state index contributed by atoms with van der Waals surface area (Å²) < 4.78 is 21.8. The van der Waals surface area contributed by atoms with Gasteiger partial charge in [0.25, 0.3) is 0 Å². The Labute approximate surface area is 139 Å². The third kappa shape index (κ3) is 3.08. The Balaban J connectivity index is 1.43. The smallest absolute Gasteiger partial charge is 0.231 e. The van der Waals surface area contributed by atoms with Crippen LogP contribution in [0.4, 0.5) is 5.69 Å². The Morgan fingerprint density at radius 2 is 1.58 bits per heavy atom. The standard InChI is InChI=1S/C18H17NO5/c20-18(19-13-3-5-15-17(10-13)24-11-23-15)9-12-2-4-14-16(8-12)22-7-1-6-21-14/h2-5,8,10H,1,6-7,9,11H2,(H,19,20). The highest BCUT2D eigenvalue weighted by atomic mass is 16.7. The van der Waals surface area contributed by atoms with Crippen molar-refractivity contribution in [3.8, 4) is 23.0 Å². The molecule has 0 spiro atoms. The van der Waals surface area contributed by atoms with Gasteiger partial charge in [0.15, 0.2) is 23.0 Å². The zero-order valence-electron chi connectivity index (χ0n) is 13.0. The maximum atomic E-state index is 12.3. The van der Waals surface area contributed by atoms with Gasteiger partial charge in [0, 0.05) is 18.2 Å². The predicted molar refractivity (Wildman–Crippen MR) is 86.9 cm³/mol. The Bertz CT molecular complexity index is 774. The molecule has 4 rings (SSSR count). The number of benzene rings is 2. The van der Waals surface area contributed by atoms with Gasteiger partial charge in [0.05, 0.1) is 19.6 Å². The maximum Gasteiger partial charge on any atom is 0.231 e. The molecular formula is C18H17NO5. The van der Waals surface area contributed by atoms with Crippen LogP contribution in [0.25, 0.3) is 0 Å². The lowest BCUT2D eigenvalue weighted by molar-refractivity contribution is -0.115. The number of ether oxygens (including phenoxy) is 4. The van der Waals surface area contributed by atoms with Gasteiger partial charge in [-0.05, 0) is 29.8 Å². The molecular weight excluding hydrogens is 310 g/mol. The molecule has 0 bridgehead atoms. The van der Waals surface area contributed by atoms with E-state index in [2.05, 4.69) is 5.32 Å². The number of anilines is 1. The molecule has 0 saturated carbocycles. The molecule has 0 atom stereocenters. The van der Waals surface area contributed by atoms with Gasteiger partial charge in [0.2, 0.25) is 12.7 Å². The number of fused-ring (bicyclic) bond motifs is 2. The summed E-state index contributed by atoms with van der Waals surface area (Å²) in [6.45, 7) is 1.49. The van der Waals surface area contributed by atoms with Crippen molar-refractivity contribution >= 4 is 11.6 Å². The molecule has 1 amide bonds. The Morgan fingerprint density at radius 1 is 0.875 bits per heavy atom. The molecule has 2 heterocycles. The van der Waals surface area contributed by atoms with Crippen LogP contribution in [0.1, 0.15) is 12.0 Å². The highest BCUT2D eigenvalue weighted by Gasteiger charge is 2.15. The van der Waals surface area contributed by atoms with Gasteiger partial charge in [-0.2, -0.15) is 0 Å². The molecule has 1 N–H and O–H groups in total. The fraction of sp³-hybridized carbons (Fsp3) is 0.278. The van der Waals surface area contributed by atoms with Crippen LogP contribution in [0.3, 0.4) is 0 Å². The van der Waals surface area contributed by atoms with Crippen LogP contribution in [-0.2, 0) is 11.2 Å². The lowest BCUT2D eigenvalue weighted by Crippen LogP contribution is -2.14. The number of carbonyl (C=O) groups excluding carboxylic acids is 1. The van der Waals surface area contributed by atoms with Gasteiger partial charge in [-0.15, -0.1) is 0 Å². The van der Waals surface area contributed by atoms with Crippen molar-refractivity contribution in [2.24, 2.45) is 0 Å². The first-order valence-electron chi connectivity index (χ1n) is 7.86. The lowest BCUT2D eigenvalue weighted by Gasteiger charge is -2.10. The van der Waals surface area contributed by atoms with E-state index in [4.69, 9.17) is 18.9 Å². The average Bonchev–Trinajstić information content (AvgIpc) is 2.91. The largest absolute Gasteiger partial charge is 0.490 e. The molecule has 2 aliphatic heterocycles. The Hall–Kier alpha value is -2.89. The molecule has 0 fully saturated rings. The summed E-state index contributed by atoms with van der Waals surface area (Å²) in [6, 6.07) is 10.9. The van der Waals surface area contributed by atoms with E-state index in [1.165, 1.54) is 0 Å². The van der Waals surface area contributed by atoms with Crippen molar-refractivity contribution in [1.29, 1.82) is 0 Å². The molecule has 6 nitrogen and oxygen atoms in total. The molecule has 0 saturated heterocycles. The van der Waals surface area contributed by atoms with Gasteiger partial charge in [-0.1, -0.05) is 6.07 Å². The van der Waals surface area contributed by atoms with Gasteiger partial charge in [-0.25, -0.2) is 0 Å². The van der Waals surface area contributed by atoms with Crippen molar-refractivity contribution in [3.05, 3.63) is 42.0 Å². The second-order valence-electron chi connectivity index (χ2n) is 5.62. The van der Waals surface area contributed by atoms with E-state index < -0.39 is 0 Å². The van der Waals surface area contributed by atoms with Gasteiger partial charge >= 0.3 is 0 Å². The van der Waals surface area contributed by atoms with Crippen molar-refractivity contribution in [3.63, 3.8) is 0 Å². The number of hydrogen-bond donors (Lipinski definition) is 1. The topological polar surface area (TPSA) is 66.0 Å². The Kier molecular flexibility index (Phi) is 3.86. The minimum Gasteiger partial charge on any atom is -0.490 e. The molecule has 0 aliphatic carbocycles. The normalized spacial score (nSPS) is 14.8. The monoisotopic (exact) mass is 327 g/mol. The minimum absolute atomic E-state index is 0.108. The summed E-state index contributed by atoms with van der Waals surface area (Å²) >= 11 is 0. The van der Waals surface area contributed by atoms with E-state index >= 15 is 0 Å². The quantitative estimate of drug-likeness (QED) is 0.939. The van der Waals surface area contributed by atoms with E-state index in [1.807, 2.05) is 18.2 Å². The molecule has 0 aromatic heterocycles. The fourth-order valence-corrected chi connectivity index (χ4v) is 2.68. The fourth-order valence-electron chi connectivity index (χ4n) is 2.68. The van der Waals surface area contributed by atoms with Gasteiger partial charge in [-0.3, -0.25) is 4.79 Å². The summed E-state index contributed by atoms with van der Waals surface area (Å²) in [5.74, 6) is 2.65. The number of nitrogens with one attached hydrogen (secondary N) is 1. The van der Waals surface area contributed by atoms with Crippen molar-refractivity contribution in [1.82, 2.24) is 0 Å². The number of hydrogen-bond acceptors (Lipinski definition) is 5. The first-order chi connectivity index (χ1) is 11.8. The third-order valence-corrected chi connectivity index (χ3v) is 3.83. The van der Waals surface area contributed by atoms with E-state index in [9.17, 15) is 4.79 Å². The van der Waals surface area contributed by atoms with Crippen LogP contribution in [-0.4, -0.2) is 25.9 Å². The molecule has 0 radical (unpaired) electrons. The van der Waals surface area contributed by atoms with Gasteiger partial charge < -0.3 is 24.3 Å². The molecule has 24 heavy (non-hydrogen) atoms. The predicted octanol–water partition coefficient (Wildman–Crippen LogP) is 2.76. The first kappa shape index (κ1) is 14.7. The van der Waals surface area contributed by atoms with Crippen LogP contribution in [0.15, 0.2) is 36.4 Å². The molecule has 2 aliphatic rings. The molecule has 6 heteroatoms. The summed E-state index contributed by atoms with van der Waals surface area (Å²) in [5.41, 5.74) is 1.55. The maximum absolute atomic E-state index is 12.3. The highest BCUT2D eigenvalue weighted by molar-refractivity contribution is 5.92. The van der Waals surface area contributed by atoms with Gasteiger partial charge in [0.1, 0.15) is 0 Å². The first-order valence-corrected chi connectivity index (χ1v) is 7.86. The second kappa shape index (κ2) is 6.31. The number of rotatable bonds is 3. The Morgan fingerprint density at radius 3 is 2.50 bits per heavy atom. The third-order valence-electron chi connectivity index (χ3n) is 3.83. The van der Waals surface area contributed by atoms with E-state index in [1.54, 1.807) is 18.2 Å². The van der Waals surface area contributed by atoms with E-state index in [0.717, 1.165) is 17.7 Å². The zero-order chi connectivity index (χ0) is 16.4. The number of carbonyl (C=O) groups is 1. The van der Waals surface area contributed by atoms with E-state index in [-0.39, 0.29) is 19.1 Å². The second-order valence-corrected chi connectivity index (χ2v) is 5.62.